The highest BCUT2D eigenvalue weighted by molar-refractivity contribution is 6.27. The Hall–Kier alpha value is -3.94. The van der Waals surface area contributed by atoms with E-state index in [4.69, 9.17) is 14.2 Å². The quantitative estimate of drug-likeness (QED) is 0.340. The molecule has 0 amide bonds. The Balaban J connectivity index is 1.66. The number of ether oxygens (including phenoxy) is 3. The lowest BCUT2D eigenvalue weighted by Crippen LogP contribution is -2.27. The number of carbonyl (C=O) groups is 2. The van der Waals surface area contributed by atoms with Crippen molar-refractivity contribution in [3.8, 4) is 5.75 Å². The average molecular weight is 433 g/mol. The first-order chi connectivity index (χ1) is 15.6. The fourth-order valence-electron chi connectivity index (χ4n) is 3.30. The lowest BCUT2D eigenvalue weighted by atomic mass is 10.0. The van der Waals surface area contributed by atoms with Crippen LogP contribution in [0.3, 0.4) is 0 Å². The Labute approximate surface area is 184 Å². The van der Waals surface area contributed by atoms with Gasteiger partial charge in [0.05, 0.1) is 18.9 Å². The molecular formula is C24H23N3O5. The number of allylic oxidation sites excluding steroid dienone is 1. The van der Waals surface area contributed by atoms with E-state index in [-0.39, 0.29) is 18.3 Å². The smallest absolute Gasteiger partial charge is 0.326 e. The Kier molecular flexibility index (Phi) is 6.30. The van der Waals surface area contributed by atoms with Crippen molar-refractivity contribution in [3.63, 3.8) is 0 Å². The first-order valence-corrected chi connectivity index (χ1v) is 10.4. The molecule has 1 aromatic carbocycles. The molecule has 1 saturated heterocycles. The van der Waals surface area contributed by atoms with E-state index in [0.29, 0.717) is 17.9 Å². The maximum atomic E-state index is 13.0. The number of fused-ring (bicyclic) bond motifs is 1. The van der Waals surface area contributed by atoms with Crippen molar-refractivity contribution in [1.82, 2.24) is 9.97 Å². The SMILES string of the molecule is CCCOc1ccc(N=C2O/C(=C\c3c[nH]c4ncccc34)C(=O)C2C(=O)OCC)cc1. The number of aliphatic imine (C=N–C) groups is 1. The molecule has 2 aromatic heterocycles. The highest BCUT2D eigenvalue weighted by Gasteiger charge is 2.44. The van der Waals surface area contributed by atoms with Gasteiger partial charge in [-0.2, -0.15) is 0 Å². The molecule has 8 nitrogen and oxygen atoms in total. The van der Waals surface area contributed by atoms with Crippen LogP contribution in [-0.2, 0) is 19.1 Å². The van der Waals surface area contributed by atoms with Crippen molar-refractivity contribution in [2.45, 2.75) is 20.3 Å². The lowest BCUT2D eigenvalue weighted by molar-refractivity contribution is -0.147. The van der Waals surface area contributed by atoms with Crippen LogP contribution in [0.15, 0.2) is 59.5 Å². The minimum Gasteiger partial charge on any atom is -0.494 e. The summed E-state index contributed by atoms with van der Waals surface area (Å²) in [7, 11) is 0. The summed E-state index contributed by atoms with van der Waals surface area (Å²) >= 11 is 0. The lowest BCUT2D eigenvalue weighted by Gasteiger charge is -2.07. The van der Waals surface area contributed by atoms with E-state index in [2.05, 4.69) is 15.0 Å². The molecule has 0 bridgehead atoms. The van der Waals surface area contributed by atoms with E-state index in [9.17, 15) is 9.59 Å². The van der Waals surface area contributed by atoms with Crippen LogP contribution >= 0.6 is 0 Å². The maximum Gasteiger partial charge on any atom is 0.326 e. The van der Waals surface area contributed by atoms with E-state index in [1.165, 1.54) is 0 Å². The number of hydrogen-bond acceptors (Lipinski definition) is 7. The fourth-order valence-corrected chi connectivity index (χ4v) is 3.30. The minimum absolute atomic E-state index is 0.0140. The van der Waals surface area contributed by atoms with Gasteiger partial charge in [0.2, 0.25) is 11.7 Å². The Morgan fingerprint density at radius 3 is 2.81 bits per heavy atom. The number of aromatic nitrogens is 2. The highest BCUT2D eigenvalue weighted by atomic mass is 16.5. The second kappa shape index (κ2) is 9.47. The summed E-state index contributed by atoms with van der Waals surface area (Å²) in [6, 6.07) is 10.7. The van der Waals surface area contributed by atoms with Crippen molar-refractivity contribution in [2.75, 3.05) is 13.2 Å². The second-order valence-corrected chi connectivity index (χ2v) is 7.10. The van der Waals surface area contributed by atoms with Gasteiger partial charge in [0.25, 0.3) is 0 Å². The number of rotatable bonds is 7. The van der Waals surface area contributed by atoms with Gasteiger partial charge in [0.15, 0.2) is 11.7 Å². The average Bonchev–Trinajstić information content (AvgIpc) is 3.34. The summed E-state index contributed by atoms with van der Waals surface area (Å²) < 4.78 is 16.4. The van der Waals surface area contributed by atoms with Gasteiger partial charge in [0.1, 0.15) is 11.4 Å². The number of H-pyrrole nitrogens is 1. The Morgan fingerprint density at radius 1 is 1.25 bits per heavy atom. The molecule has 1 fully saturated rings. The van der Waals surface area contributed by atoms with Gasteiger partial charge >= 0.3 is 5.97 Å². The molecule has 0 spiro atoms. The number of nitrogens with one attached hydrogen (secondary N) is 1. The molecule has 1 aliphatic rings. The van der Waals surface area contributed by atoms with Crippen molar-refractivity contribution in [2.24, 2.45) is 10.9 Å². The Bertz CT molecular complexity index is 1190. The van der Waals surface area contributed by atoms with Gasteiger partial charge in [-0.25, -0.2) is 9.98 Å². The summed E-state index contributed by atoms with van der Waals surface area (Å²) in [5.41, 5.74) is 1.94. The minimum atomic E-state index is -1.25. The largest absolute Gasteiger partial charge is 0.494 e. The molecule has 0 saturated carbocycles. The van der Waals surface area contributed by atoms with Gasteiger partial charge in [-0.1, -0.05) is 6.92 Å². The van der Waals surface area contributed by atoms with Crippen molar-refractivity contribution < 1.29 is 23.8 Å². The standard InChI is InChI=1S/C24H23N3O5/c1-3-12-31-17-9-7-16(8-10-17)27-23-20(24(29)30-4-2)21(28)19(32-23)13-15-14-26-22-18(15)6-5-11-25-22/h5-11,13-14,20H,3-4,12H2,1-2H3,(H,25,26)/b19-13-,27-23?. The number of hydrogen-bond donors (Lipinski definition) is 1. The summed E-state index contributed by atoms with van der Waals surface area (Å²) in [6.07, 6.45) is 5.89. The summed E-state index contributed by atoms with van der Waals surface area (Å²) in [6.45, 7) is 4.47. The molecular weight excluding hydrogens is 410 g/mol. The van der Waals surface area contributed by atoms with Crippen LogP contribution in [0.4, 0.5) is 5.69 Å². The number of esters is 1. The fraction of sp³-hybridized carbons (Fsp3) is 0.250. The van der Waals surface area contributed by atoms with E-state index >= 15 is 0 Å². The van der Waals surface area contributed by atoms with Crippen LogP contribution in [0.1, 0.15) is 25.8 Å². The van der Waals surface area contributed by atoms with E-state index in [1.807, 2.05) is 13.0 Å². The number of pyridine rings is 1. The van der Waals surface area contributed by atoms with Crippen LogP contribution < -0.4 is 4.74 Å². The molecule has 4 rings (SSSR count). The van der Waals surface area contributed by atoms with Crippen LogP contribution in [0.2, 0.25) is 0 Å². The number of Topliss-reactive ketones (excluding diaryl/α,β-unsaturated/α-hetero) is 1. The van der Waals surface area contributed by atoms with Gasteiger partial charge in [-0.15, -0.1) is 0 Å². The highest BCUT2D eigenvalue weighted by Crippen LogP contribution is 2.29. The molecule has 3 heterocycles. The predicted octanol–water partition coefficient (Wildman–Crippen LogP) is 4.20. The van der Waals surface area contributed by atoms with Gasteiger partial charge in [-0.3, -0.25) is 9.59 Å². The van der Waals surface area contributed by atoms with Crippen LogP contribution in [0, 0.1) is 5.92 Å². The van der Waals surface area contributed by atoms with Gasteiger partial charge in [0, 0.05) is 23.3 Å². The molecule has 0 aliphatic carbocycles. The molecule has 1 atom stereocenters. The zero-order valence-electron chi connectivity index (χ0n) is 17.8. The molecule has 0 radical (unpaired) electrons. The monoisotopic (exact) mass is 433 g/mol. The second-order valence-electron chi connectivity index (χ2n) is 7.10. The maximum absolute atomic E-state index is 13.0. The topological polar surface area (TPSA) is 103 Å². The molecule has 1 unspecified atom stereocenters. The number of ketones is 1. The van der Waals surface area contributed by atoms with Crippen molar-refractivity contribution in [1.29, 1.82) is 0 Å². The molecule has 1 N–H and O–H groups in total. The normalized spacial score (nSPS) is 18.3. The summed E-state index contributed by atoms with van der Waals surface area (Å²) in [4.78, 5) is 37.3. The Morgan fingerprint density at radius 2 is 2.06 bits per heavy atom. The van der Waals surface area contributed by atoms with Crippen LogP contribution in [0.25, 0.3) is 17.1 Å². The summed E-state index contributed by atoms with van der Waals surface area (Å²) in [5.74, 6) is -1.71. The number of nitrogens with zero attached hydrogens (tertiary/aromatic N) is 2. The summed E-state index contributed by atoms with van der Waals surface area (Å²) in [5, 5.41) is 0.831. The van der Waals surface area contributed by atoms with Gasteiger partial charge < -0.3 is 19.2 Å². The zero-order chi connectivity index (χ0) is 22.5. The van der Waals surface area contributed by atoms with E-state index in [1.54, 1.807) is 55.7 Å². The van der Waals surface area contributed by atoms with Gasteiger partial charge in [-0.05, 0) is 55.8 Å². The third-order valence-corrected chi connectivity index (χ3v) is 4.81. The van der Waals surface area contributed by atoms with Crippen LogP contribution in [-0.4, -0.2) is 40.8 Å². The molecule has 32 heavy (non-hydrogen) atoms. The molecule has 8 heteroatoms. The van der Waals surface area contributed by atoms with Crippen molar-refractivity contribution in [3.05, 3.63) is 60.1 Å². The van der Waals surface area contributed by atoms with Crippen molar-refractivity contribution >= 4 is 40.4 Å². The zero-order valence-corrected chi connectivity index (χ0v) is 17.8. The molecule has 164 valence electrons. The van der Waals surface area contributed by atoms with E-state index < -0.39 is 17.7 Å². The first kappa shape index (κ1) is 21.3. The van der Waals surface area contributed by atoms with Crippen LogP contribution in [0.5, 0.6) is 5.75 Å². The first-order valence-electron chi connectivity index (χ1n) is 10.4. The molecule has 3 aromatic rings. The molecule has 1 aliphatic heterocycles. The predicted molar refractivity (Wildman–Crippen MR) is 120 cm³/mol. The third-order valence-electron chi connectivity index (χ3n) is 4.81. The number of benzene rings is 1. The third kappa shape index (κ3) is 4.39. The van der Waals surface area contributed by atoms with E-state index in [0.717, 1.165) is 23.1 Å². The number of carbonyl (C=O) groups excluding carboxylic acids is 2. The number of aromatic amines is 1.